The molecule has 1 atom stereocenters. The van der Waals surface area contributed by atoms with Crippen LogP contribution in [0.5, 0.6) is 0 Å². The molecule has 0 saturated carbocycles. The maximum atomic E-state index is 10.1. The Bertz CT molecular complexity index is 453. The smallest absolute Gasteiger partial charge is 0.0831 e. The molecule has 0 spiro atoms. The summed E-state index contributed by atoms with van der Waals surface area (Å²) in [6, 6.07) is 11.8. The van der Waals surface area contributed by atoms with Gasteiger partial charge in [0.15, 0.2) is 0 Å². The fourth-order valence-electron chi connectivity index (χ4n) is 1.75. The van der Waals surface area contributed by atoms with Crippen LogP contribution < -0.4 is 0 Å². The molecule has 16 heavy (non-hydrogen) atoms. The van der Waals surface area contributed by atoms with Crippen molar-refractivity contribution in [3.05, 3.63) is 65.5 Å². The fourth-order valence-corrected chi connectivity index (χ4v) is 1.75. The van der Waals surface area contributed by atoms with Gasteiger partial charge in [0.05, 0.1) is 6.10 Å². The maximum absolute atomic E-state index is 10.1. The van der Waals surface area contributed by atoms with E-state index in [-0.39, 0.29) is 0 Å². The Labute approximate surface area is 95.6 Å². The fraction of sp³-hybridized carbons (Fsp3) is 0.214. The van der Waals surface area contributed by atoms with E-state index in [0.29, 0.717) is 6.42 Å². The van der Waals surface area contributed by atoms with Gasteiger partial charge in [0.1, 0.15) is 0 Å². The van der Waals surface area contributed by atoms with Crippen LogP contribution >= 0.6 is 0 Å². The Morgan fingerprint density at radius 2 is 1.81 bits per heavy atom. The van der Waals surface area contributed by atoms with E-state index in [4.69, 9.17) is 0 Å². The van der Waals surface area contributed by atoms with E-state index >= 15 is 0 Å². The van der Waals surface area contributed by atoms with Gasteiger partial charge in [-0.1, -0.05) is 24.3 Å². The zero-order valence-electron chi connectivity index (χ0n) is 9.30. The zero-order valence-corrected chi connectivity index (χ0v) is 9.30. The van der Waals surface area contributed by atoms with Crippen LogP contribution in [0.3, 0.4) is 0 Å². The van der Waals surface area contributed by atoms with Gasteiger partial charge < -0.3 is 5.11 Å². The molecule has 0 aliphatic carbocycles. The van der Waals surface area contributed by atoms with E-state index in [1.165, 1.54) is 11.1 Å². The average molecular weight is 213 g/mol. The highest BCUT2D eigenvalue weighted by Crippen LogP contribution is 2.19. The first-order chi connectivity index (χ1) is 7.77. The molecule has 0 amide bonds. The van der Waals surface area contributed by atoms with Gasteiger partial charge in [0.25, 0.3) is 0 Å². The molecule has 1 N–H and O–H groups in total. The minimum Gasteiger partial charge on any atom is -0.388 e. The van der Waals surface area contributed by atoms with Gasteiger partial charge in [-0.3, -0.25) is 4.98 Å². The van der Waals surface area contributed by atoms with Gasteiger partial charge in [0.2, 0.25) is 0 Å². The number of aliphatic hydroxyl groups excluding tert-OH is 1. The Balaban J connectivity index is 2.14. The lowest BCUT2D eigenvalue weighted by Gasteiger charge is -2.12. The highest BCUT2D eigenvalue weighted by molar-refractivity contribution is 5.27. The summed E-state index contributed by atoms with van der Waals surface area (Å²) >= 11 is 0. The maximum Gasteiger partial charge on any atom is 0.0831 e. The lowest BCUT2D eigenvalue weighted by molar-refractivity contribution is 0.178. The number of aliphatic hydroxyl groups is 1. The van der Waals surface area contributed by atoms with Gasteiger partial charge in [-0.15, -0.1) is 0 Å². The van der Waals surface area contributed by atoms with Gasteiger partial charge in [-0.05, 0) is 35.7 Å². The molecule has 1 aromatic heterocycles. The quantitative estimate of drug-likeness (QED) is 0.850. The highest BCUT2D eigenvalue weighted by atomic mass is 16.3. The minimum atomic E-state index is -0.455. The predicted molar refractivity (Wildman–Crippen MR) is 64.1 cm³/mol. The molecule has 0 bridgehead atoms. The van der Waals surface area contributed by atoms with E-state index < -0.39 is 6.10 Å². The van der Waals surface area contributed by atoms with Gasteiger partial charge in [0, 0.05) is 18.8 Å². The molecule has 0 fully saturated rings. The summed E-state index contributed by atoms with van der Waals surface area (Å²) in [4.78, 5) is 3.94. The van der Waals surface area contributed by atoms with E-state index in [1.54, 1.807) is 12.4 Å². The van der Waals surface area contributed by atoms with Gasteiger partial charge >= 0.3 is 0 Å². The molecule has 2 heteroatoms. The van der Waals surface area contributed by atoms with Crippen LogP contribution in [0, 0.1) is 6.92 Å². The van der Waals surface area contributed by atoms with Crippen LogP contribution in [0.25, 0.3) is 0 Å². The van der Waals surface area contributed by atoms with Crippen molar-refractivity contribution < 1.29 is 5.11 Å². The first-order valence-corrected chi connectivity index (χ1v) is 5.40. The first-order valence-electron chi connectivity index (χ1n) is 5.40. The molecule has 1 aromatic carbocycles. The summed E-state index contributed by atoms with van der Waals surface area (Å²) in [5, 5.41) is 10.1. The number of hydrogen-bond donors (Lipinski definition) is 1. The third kappa shape index (κ3) is 2.47. The van der Waals surface area contributed by atoms with Crippen LogP contribution in [0.15, 0.2) is 48.8 Å². The van der Waals surface area contributed by atoms with Crippen molar-refractivity contribution in [3.8, 4) is 0 Å². The second-order valence-electron chi connectivity index (χ2n) is 3.93. The summed E-state index contributed by atoms with van der Waals surface area (Å²) in [5.41, 5.74) is 3.32. The summed E-state index contributed by atoms with van der Waals surface area (Å²) in [7, 11) is 0. The lowest BCUT2D eigenvalue weighted by Crippen LogP contribution is -2.03. The number of pyridine rings is 1. The molecule has 2 rings (SSSR count). The summed E-state index contributed by atoms with van der Waals surface area (Å²) < 4.78 is 0. The molecular formula is C14H15NO. The van der Waals surface area contributed by atoms with Crippen molar-refractivity contribution >= 4 is 0 Å². The molecule has 1 heterocycles. The monoisotopic (exact) mass is 213 g/mol. The van der Waals surface area contributed by atoms with E-state index in [9.17, 15) is 5.11 Å². The van der Waals surface area contributed by atoms with Gasteiger partial charge in [-0.25, -0.2) is 0 Å². The van der Waals surface area contributed by atoms with Crippen molar-refractivity contribution in [3.63, 3.8) is 0 Å². The largest absolute Gasteiger partial charge is 0.388 e. The molecule has 0 saturated heterocycles. The van der Waals surface area contributed by atoms with Crippen LogP contribution in [0.4, 0.5) is 0 Å². The molecule has 2 aromatic rings. The van der Waals surface area contributed by atoms with E-state index in [2.05, 4.69) is 24.0 Å². The first kappa shape index (κ1) is 10.8. The summed E-state index contributed by atoms with van der Waals surface area (Å²) in [6.07, 6.45) is 3.60. The standard InChI is InChI=1S/C14H15NO/c1-11-4-2-3-5-13(11)10-14(16)12-6-8-15-9-7-12/h2-9,14,16H,10H2,1H3/t14-/m0/s1. The van der Waals surface area contributed by atoms with Crippen LogP contribution in [0.1, 0.15) is 22.8 Å². The number of aryl methyl sites for hydroxylation is 1. The SMILES string of the molecule is Cc1ccccc1C[C@H](O)c1ccncc1. The molecular weight excluding hydrogens is 198 g/mol. The van der Waals surface area contributed by atoms with Crippen LogP contribution in [-0.4, -0.2) is 10.1 Å². The van der Waals surface area contributed by atoms with Crippen LogP contribution in [0.2, 0.25) is 0 Å². The average Bonchev–Trinajstić information content (AvgIpc) is 2.33. The zero-order chi connectivity index (χ0) is 11.4. The second kappa shape index (κ2) is 4.90. The number of benzene rings is 1. The van der Waals surface area contributed by atoms with E-state index in [1.807, 2.05) is 24.3 Å². The molecule has 0 aliphatic rings. The Morgan fingerprint density at radius 1 is 1.12 bits per heavy atom. The molecule has 2 nitrogen and oxygen atoms in total. The van der Waals surface area contributed by atoms with E-state index in [0.717, 1.165) is 5.56 Å². The van der Waals surface area contributed by atoms with Crippen molar-refractivity contribution in [2.75, 3.05) is 0 Å². The number of aromatic nitrogens is 1. The lowest BCUT2D eigenvalue weighted by atomic mass is 9.99. The summed E-state index contributed by atoms with van der Waals surface area (Å²) in [6.45, 7) is 2.06. The van der Waals surface area contributed by atoms with Crippen molar-refractivity contribution in [2.24, 2.45) is 0 Å². The number of nitrogens with zero attached hydrogens (tertiary/aromatic N) is 1. The van der Waals surface area contributed by atoms with Crippen molar-refractivity contribution in [2.45, 2.75) is 19.4 Å². The molecule has 0 radical (unpaired) electrons. The Hall–Kier alpha value is -1.67. The summed E-state index contributed by atoms with van der Waals surface area (Å²) in [5.74, 6) is 0. The Kier molecular flexibility index (Phi) is 3.32. The van der Waals surface area contributed by atoms with Crippen molar-refractivity contribution in [1.29, 1.82) is 0 Å². The molecule has 82 valence electrons. The van der Waals surface area contributed by atoms with Gasteiger partial charge in [-0.2, -0.15) is 0 Å². The third-order valence-corrected chi connectivity index (χ3v) is 2.77. The topological polar surface area (TPSA) is 33.1 Å². The number of hydrogen-bond acceptors (Lipinski definition) is 2. The molecule has 0 unspecified atom stereocenters. The minimum absolute atomic E-state index is 0.455. The molecule has 0 aliphatic heterocycles. The third-order valence-electron chi connectivity index (χ3n) is 2.77. The normalized spacial score (nSPS) is 12.4. The second-order valence-corrected chi connectivity index (χ2v) is 3.93. The van der Waals surface area contributed by atoms with Crippen LogP contribution in [-0.2, 0) is 6.42 Å². The number of rotatable bonds is 3. The van der Waals surface area contributed by atoms with Crippen molar-refractivity contribution in [1.82, 2.24) is 4.98 Å². The Morgan fingerprint density at radius 3 is 2.50 bits per heavy atom. The highest BCUT2D eigenvalue weighted by Gasteiger charge is 2.09. The predicted octanol–water partition coefficient (Wildman–Crippen LogP) is 2.67.